The molecule has 130 valence electrons. The molecule has 4 nitrogen and oxygen atoms in total. The standard InChI is InChI=1S/C18H21FINO3/c1-11(22)23-18-10-21(7-6-12-2-4-14(19)5-3-12)9-13-8-15(24-18)17(20)16(13)18/h2-5,13,15-17H,6-10H2,1H3/t13-,15-,16+,17-,18+/m0/s1. The van der Waals surface area contributed by atoms with Crippen molar-refractivity contribution in [3.63, 3.8) is 0 Å². The Labute approximate surface area is 154 Å². The second-order valence-electron chi connectivity index (χ2n) is 7.14. The molecule has 1 aromatic rings. The Morgan fingerprint density at radius 2 is 2.21 bits per heavy atom. The Kier molecular flexibility index (Phi) is 4.33. The quantitative estimate of drug-likeness (QED) is 0.406. The summed E-state index contributed by atoms with van der Waals surface area (Å²) in [5.41, 5.74) is 1.12. The lowest BCUT2D eigenvalue weighted by atomic mass is 9.83. The minimum Gasteiger partial charge on any atom is -0.431 e. The Bertz CT molecular complexity index is 640. The molecule has 0 aromatic heterocycles. The molecular weight excluding hydrogens is 424 g/mol. The van der Waals surface area contributed by atoms with E-state index >= 15 is 0 Å². The molecule has 0 radical (unpaired) electrons. The Hall–Kier alpha value is -0.730. The van der Waals surface area contributed by atoms with E-state index in [2.05, 4.69) is 27.5 Å². The second kappa shape index (κ2) is 6.21. The van der Waals surface area contributed by atoms with Crippen LogP contribution in [0.25, 0.3) is 0 Å². The highest BCUT2D eigenvalue weighted by Crippen LogP contribution is 2.56. The van der Waals surface area contributed by atoms with Gasteiger partial charge in [0.1, 0.15) is 5.82 Å². The van der Waals surface area contributed by atoms with Crippen molar-refractivity contribution in [2.45, 2.75) is 35.6 Å². The van der Waals surface area contributed by atoms with Crippen molar-refractivity contribution in [3.8, 4) is 0 Å². The van der Waals surface area contributed by atoms with E-state index in [1.807, 2.05) is 12.1 Å². The second-order valence-corrected chi connectivity index (χ2v) is 8.58. The minimum absolute atomic E-state index is 0.207. The van der Waals surface area contributed by atoms with Gasteiger partial charge in [0.05, 0.1) is 12.6 Å². The van der Waals surface area contributed by atoms with E-state index in [4.69, 9.17) is 9.47 Å². The summed E-state index contributed by atoms with van der Waals surface area (Å²) >= 11 is 2.46. The smallest absolute Gasteiger partial charge is 0.305 e. The third kappa shape index (κ3) is 2.86. The van der Waals surface area contributed by atoms with Crippen molar-refractivity contribution in [3.05, 3.63) is 35.6 Å². The first-order chi connectivity index (χ1) is 11.5. The molecule has 4 rings (SSSR count). The number of carbonyl (C=O) groups is 1. The summed E-state index contributed by atoms with van der Waals surface area (Å²) in [7, 11) is 0. The number of fused-ring (bicyclic) bond motifs is 1. The Morgan fingerprint density at radius 1 is 1.46 bits per heavy atom. The van der Waals surface area contributed by atoms with Crippen molar-refractivity contribution in [2.24, 2.45) is 11.8 Å². The number of carbonyl (C=O) groups excluding carboxylic acids is 1. The van der Waals surface area contributed by atoms with Gasteiger partial charge in [0, 0.05) is 29.9 Å². The molecule has 0 amide bonds. The van der Waals surface area contributed by atoms with E-state index in [-0.39, 0.29) is 17.9 Å². The van der Waals surface area contributed by atoms with Gasteiger partial charge >= 0.3 is 5.97 Å². The minimum atomic E-state index is -0.772. The molecule has 1 aromatic carbocycles. The molecule has 6 heteroatoms. The first-order valence-corrected chi connectivity index (χ1v) is 9.70. The normalized spacial score (nSPS) is 37.6. The highest BCUT2D eigenvalue weighted by atomic mass is 127. The van der Waals surface area contributed by atoms with Crippen LogP contribution < -0.4 is 0 Å². The predicted molar refractivity (Wildman–Crippen MR) is 95.3 cm³/mol. The van der Waals surface area contributed by atoms with Crippen LogP contribution in [-0.4, -0.2) is 46.3 Å². The fraction of sp³-hybridized carbons (Fsp3) is 0.611. The molecule has 1 aliphatic carbocycles. The van der Waals surface area contributed by atoms with Gasteiger partial charge in [-0.1, -0.05) is 34.7 Å². The topological polar surface area (TPSA) is 38.8 Å². The van der Waals surface area contributed by atoms with Gasteiger partial charge < -0.3 is 9.47 Å². The van der Waals surface area contributed by atoms with Crippen LogP contribution in [0.2, 0.25) is 0 Å². The van der Waals surface area contributed by atoms with Crippen LogP contribution in [0.15, 0.2) is 24.3 Å². The number of hydrogen-bond donors (Lipinski definition) is 0. The van der Waals surface area contributed by atoms with Crippen molar-refractivity contribution in [2.75, 3.05) is 19.6 Å². The van der Waals surface area contributed by atoms with Crippen LogP contribution in [0, 0.1) is 17.7 Å². The SMILES string of the molecule is CC(=O)O[C@]12CN(CCc3ccc(F)cc3)C[C@@H]3C[C@H](O1)[C@H](I)[C@@H]32. The fourth-order valence-corrected chi connectivity index (χ4v) is 6.21. The Balaban J connectivity index is 1.47. The number of esters is 1. The van der Waals surface area contributed by atoms with Crippen LogP contribution in [0.5, 0.6) is 0 Å². The van der Waals surface area contributed by atoms with Crippen molar-refractivity contribution < 1.29 is 18.7 Å². The number of nitrogens with zero attached hydrogens (tertiary/aromatic N) is 1. The highest BCUT2D eigenvalue weighted by Gasteiger charge is 2.66. The van der Waals surface area contributed by atoms with Crippen LogP contribution >= 0.6 is 22.6 Å². The first-order valence-electron chi connectivity index (χ1n) is 8.45. The summed E-state index contributed by atoms with van der Waals surface area (Å²) in [5, 5.41) is 0. The van der Waals surface area contributed by atoms with Crippen molar-refractivity contribution in [1.82, 2.24) is 4.90 Å². The summed E-state index contributed by atoms with van der Waals surface area (Å²) in [6.07, 6.45) is 2.11. The van der Waals surface area contributed by atoms with E-state index in [1.54, 1.807) is 0 Å². The molecule has 2 bridgehead atoms. The van der Waals surface area contributed by atoms with Gasteiger partial charge in [0.2, 0.25) is 5.79 Å². The zero-order valence-electron chi connectivity index (χ0n) is 13.6. The van der Waals surface area contributed by atoms with Gasteiger partial charge in [0.15, 0.2) is 0 Å². The van der Waals surface area contributed by atoms with Gasteiger partial charge in [-0.15, -0.1) is 0 Å². The molecule has 0 N–H and O–H groups in total. The lowest BCUT2D eigenvalue weighted by Crippen LogP contribution is -2.60. The molecular formula is C18H21FINO3. The molecule has 2 heterocycles. The third-order valence-corrected chi connectivity index (χ3v) is 7.06. The van der Waals surface area contributed by atoms with Crippen LogP contribution in [0.4, 0.5) is 4.39 Å². The van der Waals surface area contributed by atoms with Gasteiger partial charge in [-0.2, -0.15) is 0 Å². The van der Waals surface area contributed by atoms with Gasteiger partial charge in [-0.05, 0) is 36.5 Å². The monoisotopic (exact) mass is 445 g/mol. The molecule has 24 heavy (non-hydrogen) atoms. The molecule has 0 unspecified atom stereocenters. The molecule has 3 aliphatic rings. The van der Waals surface area contributed by atoms with E-state index in [0.717, 1.165) is 31.5 Å². The molecule has 3 fully saturated rings. The first kappa shape index (κ1) is 16.7. The summed E-state index contributed by atoms with van der Waals surface area (Å²) in [6.45, 7) is 3.97. The van der Waals surface area contributed by atoms with Crippen LogP contribution in [0.3, 0.4) is 0 Å². The fourth-order valence-electron chi connectivity index (χ4n) is 4.63. The average Bonchev–Trinajstić information content (AvgIpc) is 2.95. The maximum absolute atomic E-state index is 13.0. The zero-order chi connectivity index (χ0) is 16.9. The molecule has 5 atom stereocenters. The zero-order valence-corrected chi connectivity index (χ0v) is 15.7. The lowest BCUT2D eigenvalue weighted by Gasteiger charge is -2.48. The maximum atomic E-state index is 13.0. The van der Waals surface area contributed by atoms with Gasteiger partial charge in [-0.25, -0.2) is 4.39 Å². The number of rotatable bonds is 4. The third-order valence-electron chi connectivity index (χ3n) is 5.48. The van der Waals surface area contributed by atoms with E-state index in [9.17, 15) is 9.18 Å². The molecule has 2 aliphatic heterocycles. The molecule has 1 saturated carbocycles. The van der Waals surface area contributed by atoms with Crippen LogP contribution in [-0.2, 0) is 20.7 Å². The number of halogens is 2. The lowest BCUT2D eigenvalue weighted by molar-refractivity contribution is -0.279. The number of alkyl halides is 1. The summed E-state index contributed by atoms with van der Waals surface area (Å²) in [6, 6.07) is 6.66. The summed E-state index contributed by atoms with van der Waals surface area (Å²) in [4.78, 5) is 14.0. The largest absolute Gasteiger partial charge is 0.431 e. The number of piperidine rings is 1. The van der Waals surface area contributed by atoms with Crippen molar-refractivity contribution >= 4 is 28.6 Å². The maximum Gasteiger partial charge on any atom is 0.305 e. The summed E-state index contributed by atoms with van der Waals surface area (Å²) in [5.74, 6) is -0.431. The molecule has 0 spiro atoms. The van der Waals surface area contributed by atoms with Crippen molar-refractivity contribution in [1.29, 1.82) is 0 Å². The number of hydrogen-bond acceptors (Lipinski definition) is 4. The van der Waals surface area contributed by atoms with E-state index in [0.29, 0.717) is 22.3 Å². The van der Waals surface area contributed by atoms with Gasteiger partial charge in [0.25, 0.3) is 0 Å². The van der Waals surface area contributed by atoms with E-state index < -0.39 is 5.79 Å². The van der Waals surface area contributed by atoms with E-state index in [1.165, 1.54) is 19.1 Å². The van der Waals surface area contributed by atoms with Gasteiger partial charge in [-0.3, -0.25) is 9.69 Å². The number of benzene rings is 1. The predicted octanol–water partition coefficient (Wildman–Crippen LogP) is 2.78. The highest BCUT2D eigenvalue weighted by molar-refractivity contribution is 14.1. The summed E-state index contributed by atoms with van der Waals surface area (Å²) < 4.78 is 25.4. The number of ether oxygens (including phenoxy) is 2. The average molecular weight is 445 g/mol. The Morgan fingerprint density at radius 3 is 2.88 bits per heavy atom. The van der Waals surface area contributed by atoms with Crippen LogP contribution in [0.1, 0.15) is 18.9 Å². The molecule has 2 saturated heterocycles. The number of likely N-dealkylation sites (tertiary alicyclic amines) is 1.